The van der Waals surface area contributed by atoms with Gasteiger partial charge in [0.2, 0.25) is 0 Å². The van der Waals surface area contributed by atoms with Crippen LogP contribution in [-0.4, -0.2) is 18.1 Å². The van der Waals surface area contributed by atoms with Crippen LogP contribution in [-0.2, 0) is 6.42 Å². The standard InChI is InChI=1S/C16H22N2OS/c1-4-19-15-6-5-12(9-13(15)11(2)3)14-10-20-16(18-14)7-8-17/h5-6,9-11H,4,7-8,17H2,1-3H3. The predicted octanol–water partition coefficient (Wildman–Crippen LogP) is 3.83. The molecule has 0 spiro atoms. The fraction of sp³-hybridized carbons (Fsp3) is 0.438. The second-order valence-corrected chi connectivity index (χ2v) is 5.95. The molecule has 0 unspecified atom stereocenters. The average Bonchev–Trinajstić information content (AvgIpc) is 2.88. The van der Waals surface area contributed by atoms with Crippen LogP contribution >= 0.6 is 11.3 Å². The van der Waals surface area contributed by atoms with Gasteiger partial charge in [-0.05, 0) is 43.1 Å². The zero-order chi connectivity index (χ0) is 14.5. The zero-order valence-corrected chi connectivity index (χ0v) is 13.2. The van der Waals surface area contributed by atoms with Crippen molar-refractivity contribution in [2.45, 2.75) is 33.1 Å². The Labute approximate surface area is 124 Å². The van der Waals surface area contributed by atoms with E-state index in [9.17, 15) is 0 Å². The van der Waals surface area contributed by atoms with Gasteiger partial charge in [-0.25, -0.2) is 4.98 Å². The van der Waals surface area contributed by atoms with Crippen molar-refractivity contribution in [3.05, 3.63) is 34.2 Å². The molecule has 2 N–H and O–H groups in total. The summed E-state index contributed by atoms with van der Waals surface area (Å²) in [6.07, 6.45) is 0.846. The Morgan fingerprint density at radius 1 is 1.35 bits per heavy atom. The first-order valence-corrected chi connectivity index (χ1v) is 7.95. The number of aromatic nitrogens is 1. The Morgan fingerprint density at radius 2 is 2.15 bits per heavy atom. The Hall–Kier alpha value is -1.39. The first-order chi connectivity index (χ1) is 9.65. The normalized spacial score (nSPS) is 11.1. The van der Waals surface area contributed by atoms with E-state index in [4.69, 9.17) is 10.5 Å². The Bertz CT molecular complexity index is 563. The topological polar surface area (TPSA) is 48.1 Å². The average molecular weight is 290 g/mol. The largest absolute Gasteiger partial charge is 0.494 e. The maximum absolute atomic E-state index is 5.70. The Balaban J connectivity index is 2.34. The van der Waals surface area contributed by atoms with Crippen molar-refractivity contribution in [3.8, 4) is 17.0 Å². The molecule has 0 saturated heterocycles. The van der Waals surface area contributed by atoms with Crippen molar-refractivity contribution in [1.82, 2.24) is 4.98 Å². The highest BCUT2D eigenvalue weighted by Gasteiger charge is 2.11. The Morgan fingerprint density at radius 3 is 2.80 bits per heavy atom. The fourth-order valence-corrected chi connectivity index (χ4v) is 2.95. The van der Waals surface area contributed by atoms with Crippen LogP contribution in [0.1, 0.15) is 37.3 Å². The van der Waals surface area contributed by atoms with Gasteiger partial charge in [0, 0.05) is 17.4 Å². The van der Waals surface area contributed by atoms with E-state index in [1.807, 2.05) is 6.92 Å². The number of nitrogens with two attached hydrogens (primary N) is 1. The van der Waals surface area contributed by atoms with Crippen LogP contribution in [0.2, 0.25) is 0 Å². The van der Waals surface area contributed by atoms with Crippen molar-refractivity contribution in [3.63, 3.8) is 0 Å². The van der Waals surface area contributed by atoms with Crippen LogP contribution in [0.5, 0.6) is 5.75 Å². The van der Waals surface area contributed by atoms with Gasteiger partial charge in [0.15, 0.2) is 0 Å². The molecule has 0 atom stereocenters. The lowest BCUT2D eigenvalue weighted by Crippen LogP contribution is -2.02. The molecule has 1 aromatic heterocycles. The molecule has 2 rings (SSSR count). The molecule has 0 aliphatic heterocycles. The second-order valence-electron chi connectivity index (χ2n) is 5.01. The lowest BCUT2D eigenvalue weighted by atomic mass is 9.98. The summed E-state index contributed by atoms with van der Waals surface area (Å²) in [6.45, 7) is 7.71. The van der Waals surface area contributed by atoms with Gasteiger partial charge < -0.3 is 10.5 Å². The number of benzene rings is 1. The number of rotatable bonds is 6. The monoisotopic (exact) mass is 290 g/mol. The molecule has 0 bridgehead atoms. The van der Waals surface area contributed by atoms with Crippen molar-refractivity contribution >= 4 is 11.3 Å². The predicted molar refractivity (Wildman–Crippen MR) is 85.6 cm³/mol. The number of hydrogen-bond acceptors (Lipinski definition) is 4. The van der Waals surface area contributed by atoms with Crippen LogP contribution < -0.4 is 10.5 Å². The minimum Gasteiger partial charge on any atom is -0.494 e. The third-order valence-electron chi connectivity index (χ3n) is 3.14. The second kappa shape index (κ2) is 6.86. The molecule has 108 valence electrons. The van der Waals surface area contributed by atoms with Gasteiger partial charge in [0.05, 0.1) is 17.3 Å². The van der Waals surface area contributed by atoms with Crippen LogP contribution in [0.4, 0.5) is 0 Å². The van der Waals surface area contributed by atoms with E-state index < -0.39 is 0 Å². The van der Waals surface area contributed by atoms with Gasteiger partial charge in [0.25, 0.3) is 0 Å². The van der Waals surface area contributed by atoms with Gasteiger partial charge in [-0.3, -0.25) is 0 Å². The molecule has 2 aromatic rings. The van der Waals surface area contributed by atoms with Crippen LogP contribution in [0.25, 0.3) is 11.3 Å². The molecule has 0 amide bonds. The summed E-state index contributed by atoms with van der Waals surface area (Å²) in [5.74, 6) is 1.40. The zero-order valence-electron chi connectivity index (χ0n) is 12.3. The number of ether oxygens (including phenoxy) is 1. The van der Waals surface area contributed by atoms with E-state index in [1.165, 1.54) is 5.56 Å². The molecule has 1 aromatic carbocycles. The van der Waals surface area contributed by atoms with Crippen LogP contribution in [0, 0.1) is 0 Å². The smallest absolute Gasteiger partial charge is 0.122 e. The summed E-state index contributed by atoms with van der Waals surface area (Å²) in [7, 11) is 0. The van der Waals surface area contributed by atoms with Crippen molar-refractivity contribution < 1.29 is 4.74 Å². The molecule has 0 radical (unpaired) electrons. The van der Waals surface area contributed by atoms with Gasteiger partial charge in [-0.1, -0.05) is 13.8 Å². The highest BCUT2D eigenvalue weighted by atomic mass is 32.1. The number of thiazole rings is 1. The summed E-state index contributed by atoms with van der Waals surface area (Å²) in [5.41, 5.74) is 8.99. The SMILES string of the molecule is CCOc1ccc(-c2csc(CCN)n2)cc1C(C)C. The van der Waals surface area contributed by atoms with E-state index in [0.29, 0.717) is 19.1 Å². The van der Waals surface area contributed by atoms with E-state index in [0.717, 1.165) is 28.4 Å². The van der Waals surface area contributed by atoms with Crippen molar-refractivity contribution in [1.29, 1.82) is 0 Å². The van der Waals surface area contributed by atoms with Crippen LogP contribution in [0.15, 0.2) is 23.6 Å². The van der Waals surface area contributed by atoms with E-state index >= 15 is 0 Å². The third-order valence-corrected chi connectivity index (χ3v) is 4.05. The van der Waals surface area contributed by atoms with Gasteiger partial charge in [-0.2, -0.15) is 0 Å². The Kier molecular flexibility index (Phi) is 5.15. The van der Waals surface area contributed by atoms with E-state index in [1.54, 1.807) is 11.3 Å². The lowest BCUT2D eigenvalue weighted by molar-refractivity contribution is 0.335. The van der Waals surface area contributed by atoms with E-state index in [-0.39, 0.29) is 0 Å². The molecule has 3 nitrogen and oxygen atoms in total. The third kappa shape index (κ3) is 3.38. The first-order valence-electron chi connectivity index (χ1n) is 7.07. The van der Waals surface area contributed by atoms with Crippen molar-refractivity contribution in [2.75, 3.05) is 13.2 Å². The van der Waals surface area contributed by atoms with Gasteiger partial charge in [-0.15, -0.1) is 11.3 Å². The summed E-state index contributed by atoms with van der Waals surface area (Å²) in [5, 5.41) is 3.20. The first kappa shape index (κ1) is 15.0. The minimum absolute atomic E-state index is 0.429. The quantitative estimate of drug-likeness (QED) is 0.879. The summed E-state index contributed by atoms with van der Waals surface area (Å²) in [6, 6.07) is 6.32. The summed E-state index contributed by atoms with van der Waals surface area (Å²) >= 11 is 1.68. The molecular weight excluding hydrogens is 268 g/mol. The number of nitrogens with zero attached hydrogens (tertiary/aromatic N) is 1. The molecule has 20 heavy (non-hydrogen) atoms. The molecule has 0 aliphatic carbocycles. The molecule has 0 fully saturated rings. The maximum atomic E-state index is 5.70. The number of hydrogen-bond donors (Lipinski definition) is 1. The molecule has 0 saturated carbocycles. The van der Waals surface area contributed by atoms with Gasteiger partial charge >= 0.3 is 0 Å². The highest BCUT2D eigenvalue weighted by Crippen LogP contribution is 2.32. The molecule has 0 aliphatic rings. The lowest BCUT2D eigenvalue weighted by Gasteiger charge is -2.14. The fourth-order valence-electron chi connectivity index (χ4n) is 2.13. The van der Waals surface area contributed by atoms with Crippen LogP contribution in [0.3, 0.4) is 0 Å². The summed E-state index contributed by atoms with van der Waals surface area (Å²) in [4.78, 5) is 4.64. The molecule has 1 heterocycles. The molecule has 4 heteroatoms. The van der Waals surface area contributed by atoms with E-state index in [2.05, 4.69) is 42.4 Å². The minimum atomic E-state index is 0.429. The summed E-state index contributed by atoms with van der Waals surface area (Å²) < 4.78 is 5.70. The maximum Gasteiger partial charge on any atom is 0.122 e. The molecular formula is C16H22N2OS. The highest BCUT2D eigenvalue weighted by molar-refractivity contribution is 7.09. The van der Waals surface area contributed by atoms with Gasteiger partial charge in [0.1, 0.15) is 5.75 Å². The van der Waals surface area contributed by atoms with Crippen molar-refractivity contribution in [2.24, 2.45) is 5.73 Å².